The number of hydrogen-bond donors (Lipinski definition) is 1. The van der Waals surface area contributed by atoms with Gasteiger partial charge in [0.05, 0.1) is 12.3 Å². The summed E-state index contributed by atoms with van der Waals surface area (Å²) in [6.45, 7) is 3.07. The van der Waals surface area contributed by atoms with Crippen molar-refractivity contribution in [2.45, 2.75) is 19.9 Å². The van der Waals surface area contributed by atoms with Crippen molar-refractivity contribution >= 4 is 9.84 Å². The van der Waals surface area contributed by atoms with Crippen LogP contribution >= 0.6 is 0 Å². The number of nitrogens with one attached hydrogen (secondary N) is 1. The average Bonchev–Trinajstić information content (AvgIpc) is 2.59. The molecule has 0 fully saturated rings. The van der Waals surface area contributed by atoms with Crippen LogP contribution < -0.4 is 5.32 Å². The molecule has 0 aliphatic heterocycles. The van der Waals surface area contributed by atoms with E-state index in [4.69, 9.17) is 4.42 Å². The molecule has 15 heavy (non-hydrogen) atoms. The van der Waals surface area contributed by atoms with Crippen LogP contribution in [0.25, 0.3) is 0 Å². The van der Waals surface area contributed by atoms with E-state index in [0.29, 0.717) is 13.1 Å². The molecule has 0 aromatic carbocycles. The van der Waals surface area contributed by atoms with E-state index in [0.717, 1.165) is 17.9 Å². The van der Waals surface area contributed by atoms with E-state index in [9.17, 15) is 8.42 Å². The van der Waals surface area contributed by atoms with Gasteiger partial charge in [0.2, 0.25) is 0 Å². The summed E-state index contributed by atoms with van der Waals surface area (Å²) in [4.78, 5) is 0. The maximum absolute atomic E-state index is 10.8. The molecule has 0 radical (unpaired) electrons. The summed E-state index contributed by atoms with van der Waals surface area (Å²) in [5.41, 5.74) is 0. The normalized spacial score (nSPS) is 11.9. The molecule has 0 saturated heterocycles. The van der Waals surface area contributed by atoms with Gasteiger partial charge in [0, 0.05) is 19.2 Å². The Balaban J connectivity index is 2.26. The molecular formula is C10H17NO3S. The Morgan fingerprint density at radius 2 is 2.00 bits per heavy atom. The number of sulfone groups is 1. The molecule has 1 rings (SSSR count). The smallest absolute Gasteiger partial charge is 0.148 e. The molecule has 1 aromatic rings. The zero-order valence-corrected chi connectivity index (χ0v) is 9.93. The zero-order chi connectivity index (χ0) is 11.3. The van der Waals surface area contributed by atoms with Gasteiger partial charge in [0.1, 0.15) is 21.4 Å². The fraction of sp³-hybridized carbons (Fsp3) is 0.600. The molecule has 1 heterocycles. The first kappa shape index (κ1) is 12.3. The minimum Gasteiger partial charge on any atom is -0.465 e. The Kier molecular flexibility index (Phi) is 4.35. The van der Waals surface area contributed by atoms with Crippen molar-refractivity contribution in [3.8, 4) is 0 Å². The van der Waals surface area contributed by atoms with Crippen LogP contribution in [-0.4, -0.2) is 27.0 Å². The molecule has 0 bridgehead atoms. The summed E-state index contributed by atoms with van der Waals surface area (Å²) in [6.07, 6.45) is 2.11. The third-order valence-electron chi connectivity index (χ3n) is 2.01. The van der Waals surface area contributed by atoms with Crippen LogP contribution in [0.2, 0.25) is 0 Å². The van der Waals surface area contributed by atoms with E-state index in [1.807, 2.05) is 19.1 Å². The van der Waals surface area contributed by atoms with Crippen molar-refractivity contribution < 1.29 is 12.8 Å². The monoisotopic (exact) mass is 231 g/mol. The summed E-state index contributed by atoms with van der Waals surface area (Å²) in [5, 5.41) is 3.02. The number of furan rings is 1. The first-order valence-corrected chi connectivity index (χ1v) is 7.03. The highest BCUT2D eigenvalue weighted by molar-refractivity contribution is 7.90. The summed E-state index contributed by atoms with van der Waals surface area (Å²) in [6, 6.07) is 3.85. The van der Waals surface area contributed by atoms with Crippen molar-refractivity contribution in [2.75, 3.05) is 18.6 Å². The summed E-state index contributed by atoms with van der Waals surface area (Å²) in [7, 11) is -2.87. The van der Waals surface area contributed by atoms with Crippen LogP contribution in [0.15, 0.2) is 16.5 Å². The summed E-state index contributed by atoms with van der Waals surface area (Å²) in [5.74, 6) is 1.96. The van der Waals surface area contributed by atoms with Gasteiger partial charge in [-0.3, -0.25) is 0 Å². The molecule has 0 aliphatic rings. The van der Waals surface area contributed by atoms with Gasteiger partial charge in [-0.2, -0.15) is 0 Å². The molecule has 0 aliphatic carbocycles. The molecule has 86 valence electrons. The van der Waals surface area contributed by atoms with Crippen LogP contribution in [0.3, 0.4) is 0 Å². The lowest BCUT2D eigenvalue weighted by Gasteiger charge is -2.00. The second-order valence-corrected chi connectivity index (χ2v) is 5.79. The molecule has 0 spiro atoms. The Morgan fingerprint density at radius 1 is 1.33 bits per heavy atom. The molecule has 0 unspecified atom stereocenters. The Bertz CT molecular complexity index is 395. The van der Waals surface area contributed by atoms with E-state index < -0.39 is 9.84 Å². The van der Waals surface area contributed by atoms with E-state index >= 15 is 0 Å². The van der Waals surface area contributed by atoms with Gasteiger partial charge in [-0.1, -0.05) is 6.92 Å². The lowest BCUT2D eigenvalue weighted by atomic mass is 10.3. The third kappa shape index (κ3) is 4.99. The van der Waals surface area contributed by atoms with Gasteiger partial charge in [0.25, 0.3) is 0 Å². The van der Waals surface area contributed by atoms with Gasteiger partial charge in [-0.25, -0.2) is 8.42 Å². The number of hydrogen-bond acceptors (Lipinski definition) is 4. The fourth-order valence-corrected chi connectivity index (χ4v) is 1.69. The minimum absolute atomic E-state index is 0.161. The molecule has 1 aromatic heterocycles. The van der Waals surface area contributed by atoms with Gasteiger partial charge >= 0.3 is 0 Å². The van der Waals surface area contributed by atoms with Crippen molar-refractivity contribution in [2.24, 2.45) is 0 Å². The van der Waals surface area contributed by atoms with E-state index in [1.165, 1.54) is 6.26 Å². The zero-order valence-electron chi connectivity index (χ0n) is 9.12. The van der Waals surface area contributed by atoms with Gasteiger partial charge in [-0.05, 0) is 12.1 Å². The predicted molar refractivity (Wildman–Crippen MR) is 59.5 cm³/mol. The van der Waals surface area contributed by atoms with E-state index in [1.54, 1.807) is 0 Å². The van der Waals surface area contributed by atoms with Crippen molar-refractivity contribution in [1.29, 1.82) is 0 Å². The lowest BCUT2D eigenvalue weighted by Crippen LogP contribution is -2.21. The highest BCUT2D eigenvalue weighted by Crippen LogP contribution is 2.07. The molecule has 4 nitrogen and oxygen atoms in total. The maximum Gasteiger partial charge on any atom is 0.148 e. The summed E-state index contributed by atoms with van der Waals surface area (Å²) < 4.78 is 27.1. The Labute approximate surface area is 90.6 Å². The van der Waals surface area contributed by atoms with Crippen molar-refractivity contribution in [1.82, 2.24) is 5.32 Å². The first-order chi connectivity index (χ1) is 7.01. The van der Waals surface area contributed by atoms with Crippen LogP contribution in [0.5, 0.6) is 0 Å². The Morgan fingerprint density at radius 3 is 2.53 bits per heavy atom. The first-order valence-electron chi connectivity index (χ1n) is 4.97. The molecule has 0 saturated carbocycles. The number of rotatable bonds is 6. The van der Waals surface area contributed by atoms with Gasteiger partial charge in [-0.15, -0.1) is 0 Å². The SMILES string of the molecule is CCc1ccc(CNCCS(C)(=O)=O)o1. The van der Waals surface area contributed by atoms with Crippen LogP contribution in [0.1, 0.15) is 18.4 Å². The lowest BCUT2D eigenvalue weighted by molar-refractivity contribution is 0.453. The van der Waals surface area contributed by atoms with Crippen molar-refractivity contribution in [3.63, 3.8) is 0 Å². The quantitative estimate of drug-likeness (QED) is 0.741. The highest BCUT2D eigenvalue weighted by Gasteiger charge is 2.02. The van der Waals surface area contributed by atoms with Gasteiger partial charge < -0.3 is 9.73 Å². The standard InChI is InChI=1S/C10H17NO3S/c1-3-9-4-5-10(14-9)8-11-6-7-15(2,12)13/h4-5,11H,3,6-8H2,1-2H3. The van der Waals surface area contributed by atoms with Crippen LogP contribution in [-0.2, 0) is 22.8 Å². The third-order valence-corrected chi connectivity index (χ3v) is 2.96. The Hall–Kier alpha value is -0.810. The summed E-state index contributed by atoms with van der Waals surface area (Å²) >= 11 is 0. The largest absolute Gasteiger partial charge is 0.465 e. The molecule has 1 N–H and O–H groups in total. The highest BCUT2D eigenvalue weighted by atomic mass is 32.2. The molecule has 0 amide bonds. The minimum atomic E-state index is -2.87. The van der Waals surface area contributed by atoms with Crippen molar-refractivity contribution in [3.05, 3.63) is 23.7 Å². The molecular weight excluding hydrogens is 214 g/mol. The number of aryl methyl sites for hydroxylation is 1. The topological polar surface area (TPSA) is 59.3 Å². The second-order valence-electron chi connectivity index (χ2n) is 3.53. The van der Waals surface area contributed by atoms with E-state index in [-0.39, 0.29) is 5.75 Å². The molecule has 5 heteroatoms. The average molecular weight is 231 g/mol. The van der Waals surface area contributed by atoms with Gasteiger partial charge in [0.15, 0.2) is 0 Å². The van der Waals surface area contributed by atoms with Crippen LogP contribution in [0, 0.1) is 0 Å². The van der Waals surface area contributed by atoms with E-state index in [2.05, 4.69) is 5.32 Å². The fourth-order valence-electron chi connectivity index (χ4n) is 1.18. The maximum atomic E-state index is 10.8. The van der Waals surface area contributed by atoms with Crippen LogP contribution in [0.4, 0.5) is 0 Å². The molecule has 0 atom stereocenters. The second kappa shape index (κ2) is 5.32. The predicted octanol–water partition coefficient (Wildman–Crippen LogP) is 0.976.